The van der Waals surface area contributed by atoms with Crippen molar-refractivity contribution >= 4 is 17.7 Å². The van der Waals surface area contributed by atoms with Crippen LogP contribution in [0.25, 0.3) is 5.69 Å². The molecule has 124 valence electrons. The highest BCUT2D eigenvalue weighted by molar-refractivity contribution is 7.99. The molecule has 0 saturated carbocycles. The Bertz CT molecular complexity index is 634. The van der Waals surface area contributed by atoms with Crippen LogP contribution in [0.4, 0.5) is 0 Å². The fourth-order valence-electron chi connectivity index (χ4n) is 1.80. The lowest BCUT2D eigenvalue weighted by Gasteiger charge is -2.10. The molecule has 0 saturated heterocycles. The summed E-state index contributed by atoms with van der Waals surface area (Å²) in [5, 5.41) is 14.9. The van der Waals surface area contributed by atoms with E-state index in [0.29, 0.717) is 30.7 Å². The number of carbonyl (C=O) groups is 1. The van der Waals surface area contributed by atoms with Gasteiger partial charge in [-0.2, -0.15) is 4.68 Å². The van der Waals surface area contributed by atoms with Crippen LogP contribution in [-0.4, -0.2) is 58.7 Å². The van der Waals surface area contributed by atoms with Gasteiger partial charge in [-0.05, 0) is 29.5 Å². The third kappa shape index (κ3) is 4.93. The van der Waals surface area contributed by atoms with Crippen LogP contribution in [-0.2, 0) is 9.53 Å². The van der Waals surface area contributed by atoms with Crippen molar-refractivity contribution in [2.24, 2.45) is 0 Å². The fraction of sp³-hybridized carbons (Fsp3) is 0.429. The van der Waals surface area contributed by atoms with E-state index in [1.54, 1.807) is 11.8 Å². The Morgan fingerprint density at radius 2 is 2.22 bits per heavy atom. The first-order chi connectivity index (χ1) is 11.3. The molecule has 23 heavy (non-hydrogen) atoms. The number of tetrazole rings is 1. The van der Waals surface area contributed by atoms with E-state index in [9.17, 15) is 4.79 Å². The van der Waals surface area contributed by atoms with Crippen molar-refractivity contribution in [1.29, 1.82) is 0 Å². The van der Waals surface area contributed by atoms with E-state index in [2.05, 4.69) is 20.8 Å². The summed E-state index contributed by atoms with van der Waals surface area (Å²) in [6.07, 6.45) is 0. The molecule has 1 aromatic heterocycles. The molecular weight excluding hydrogens is 318 g/mol. The van der Waals surface area contributed by atoms with Crippen molar-refractivity contribution in [1.82, 2.24) is 25.5 Å². The zero-order chi connectivity index (χ0) is 16.5. The molecule has 1 heterocycles. The van der Waals surface area contributed by atoms with E-state index in [0.717, 1.165) is 5.69 Å². The number of amides is 1. The van der Waals surface area contributed by atoms with Crippen LogP contribution in [0.3, 0.4) is 0 Å². The first-order valence-corrected chi connectivity index (χ1v) is 8.13. The number of ether oxygens (including phenoxy) is 2. The SMILES string of the molecule is CCOc1ccccc1-n1nnnc1SCC(=O)NCCOC. The number of rotatable bonds is 9. The van der Waals surface area contributed by atoms with Gasteiger partial charge in [0.2, 0.25) is 11.1 Å². The van der Waals surface area contributed by atoms with E-state index in [4.69, 9.17) is 9.47 Å². The van der Waals surface area contributed by atoms with Crippen molar-refractivity contribution in [2.45, 2.75) is 12.1 Å². The predicted molar refractivity (Wildman–Crippen MR) is 85.9 cm³/mol. The third-order valence-corrected chi connectivity index (χ3v) is 3.71. The number of hydrogen-bond donors (Lipinski definition) is 1. The number of aromatic nitrogens is 4. The summed E-state index contributed by atoms with van der Waals surface area (Å²) in [4.78, 5) is 11.7. The van der Waals surface area contributed by atoms with Gasteiger partial charge in [-0.3, -0.25) is 4.79 Å². The zero-order valence-corrected chi connectivity index (χ0v) is 13.9. The molecule has 0 bridgehead atoms. The maximum atomic E-state index is 11.7. The highest BCUT2D eigenvalue weighted by atomic mass is 32.2. The van der Waals surface area contributed by atoms with Gasteiger partial charge in [0.05, 0.1) is 19.0 Å². The van der Waals surface area contributed by atoms with Gasteiger partial charge >= 0.3 is 0 Å². The summed E-state index contributed by atoms with van der Waals surface area (Å²) in [5.74, 6) is 0.814. The van der Waals surface area contributed by atoms with Gasteiger partial charge in [-0.25, -0.2) is 0 Å². The summed E-state index contributed by atoms with van der Waals surface area (Å²) in [5.41, 5.74) is 0.738. The fourth-order valence-corrected chi connectivity index (χ4v) is 2.52. The molecule has 1 aromatic carbocycles. The largest absolute Gasteiger partial charge is 0.492 e. The van der Waals surface area contributed by atoms with E-state index >= 15 is 0 Å². The van der Waals surface area contributed by atoms with Crippen molar-refractivity contribution in [3.8, 4) is 11.4 Å². The van der Waals surface area contributed by atoms with E-state index < -0.39 is 0 Å². The van der Waals surface area contributed by atoms with Gasteiger partial charge in [0.25, 0.3) is 0 Å². The highest BCUT2D eigenvalue weighted by Crippen LogP contribution is 2.25. The Balaban J connectivity index is 2.04. The van der Waals surface area contributed by atoms with Crippen molar-refractivity contribution in [3.63, 3.8) is 0 Å². The Hall–Kier alpha value is -2.13. The number of nitrogens with one attached hydrogen (secondary N) is 1. The molecule has 9 heteroatoms. The minimum atomic E-state index is -0.0975. The van der Waals surface area contributed by atoms with Crippen molar-refractivity contribution in [2.75, 3.05) is 32.6 Å². The molecule has 0 aliphatic heterocycles. The standard InChI is InChI=1S/C14H19N5O3S/c1-3-22-12-7-5-4-6-11(12)19-14(16-17-18-19)23-10-13(20)15-8-9-21-2/h4-7H,3,8-10H2,1-2H3,(H,15,20). The number of nitrogens with zero attached hydrogens (tertiary/aromatic N) is 4. The van der Waals surface area contributed by atoms with Crippen LogP contribution in [0.2, 0.25) is 0 Å². The van der Waals surface area contributed by atoms with E-state index in [1.807, 2.05) is 31.2 Å². The Morgan fingerprint density at radius 1 is 1.39 bits per heavy atom. The minimum Gasteiger partial charge on any atom is -0.492 e. The van der Waals surface area contributed by atoms with Gasteiger partial charge in [0, 0.05) is 13.7 Å². The van der Waals surface area contributed by atoms with Crippen LogP contribution in [0, 0.1) is 0 Å². The Morgan fingerprint density at radius 3 is 3.00 bits per heavy atom. The maximum Gasteiger partial charge on any atom is 0.230 e. The molecule has 1 amide bonds. The Labute approximate surface area is 138 Å². The number of methoxy groups -OCH3 is 1. The summed E-state index contributed by atoms with van der Waals surface area (Å²) < 4.78 is 12.0. The highest BCUT2D eigenvalue weighted by Gasteiger charge is 2.14. The molecule has 0 aliphatic carbocycles. The van der Waals surface area contributed by atoms with Gasteiger partial charge in [-0.15, -0.1) is 5.10 Å². The van der Waals surface area contributed by atoms with Gasteiger partial charge < -0.3 is 14.8 Å². The normalized spacial score (nSPS) is 10.5. The first kappa shape index (κ1) is 17.2. The molecule has 8 nitrogen and oxygen atoms in total. The molecule has 0 atom stereocenters. The third-order valence-electron chi connectivity index (χ3n) is 2.79. The van der Waals surface area contributed by atoms with Gasteiger partial charge in [-0.1, -0.05) is 23.9 Å². The predicted octanol–water partition coefficient (Wildman–Crippen LogP) is 0.916. The molecule has 2 rings (SSSR count). The van der Waals surface area contributed by atoms with Crippen LogP contribution in [0.15, 0.2) is 29.4 Å². The summed E-state index contributed by atoms with van der Waals surface area (Å²) >= 11 is 1.26. The topological polar surface area (TPSA) is 91.2 Å². The molecule has 0 radical (unpaired) electrons. The number of thioether (sulfide) groups is 1. The summed E-state index contributed by atoms with van der Waals surface area (Å²) in [6, 6.07) is 7.48. The van der Waals surface area contributed by atoms with E-state index in [1.165, 1.54) is 11.8 Å². The second-order valence-corrected chi connectivity index (χ2v) is 5.35. The second kappa shape index (κ2) is 9.11. The minimum absolute atomic E-state index is 0.0975. The lowest BCUT2D eigenvalue weighted by molar-refractivity contribution is -0.118. The number of benzene rings is 1. The monoisotopic (exact) mass is 337 g/mol. The molecule has 0 unspecified atom stereocenters. The molecule has 0 aliphatic rings. The second-order valence-electron chi connectivity index (χ2n) is 4.41. The maximum absolute atomic E-state index is 11.7. The summed E-state index contributed by atoms with van der Waals surface area (Å²) in [6.45, 7) is 3.42. The van der Waals surface area contributed by atoms with Crippen LogP contribution in [0.1, 0.15) is 6.92 Å². The number of para-hydroxylation sites is 2. The molecule has 0 spiro atoms. The quantitative estimate of drug-likeness (QED) is 0.537. The average Bonchev–Trinajstić information content (AvgIpc) is 3.02. The van der Waals surface area contributed by atoms with Gasteiger partial charge in [0.1, 0.15) is 11.4 Å². The van der Waals surface area contributed by atoms with Crippen LogP contribution >= 0.6 is 11.8 Å². The molecule has 1 N–H and O–H groups in total. The number of hydrogen-bond acceptors (Lipinski definition) is 7. The lowest BCUT2D eigenvalue weighted by Crippen LogP contribution is -2.28. The van der Waals surface area contributed by atoms with Crippen molar-refractivity contribution in [3.05, 3.63) is 24.3 Å². The summed E-state index contributed by atoms with van der Waals surface area (Å²) in [7, 11) is 1.59. The van der Waals surface area contributed by atoms with Crippen molar-refractivity contribution < 1.29 is 14.3 Å². The Kier molecular flexibility index (Phi) is 6.82. The van der Waals surface area contributed by atoms with E-state index in [-0.39, 0.29) is 11.7 Å². The number of carbonyl (C=O) groups excluding carboxylic acids is 1. The zero-order valence-electron chi connectivity index (χ0n) is 13.1. The van der Waals surface area contributed by atoms with Crippen LogP contribution in [0.5, 0.6) is 5.75 Å². The smallest absolute Gasteiger partial charge is 0.230 e. The van der Waals surface area contributed by atoms with Crippen LogP contribution < -0.4 is 10.1 Å². The molecule has 2 aromatic rings. The van der Waals surface area contributed by atoms with Gasteiger partial charge in [0.15, 0.2) is 0 Å². The molecule has 0 fully saturated rings. The average molecular weight is 337 g/mol. The molecular formula is C14H19N5O3S. The lowest BCUT2D eigenvalue weighted by atomic mass is 10.3. The first-order valence-electron chi connectivity index (χ1n) is 7.15.